The number of hydrogen-bond donors (Lipinski definition) is 2. The average Bonchev–Trinajstić information content (AvgIpc) is 3.15. The van der Waals surface area contributed by atoms with Gasteiger partial charge in [0.2, 0.25) is 0 Å². The summed E-state index contributed by atoms with van der Waals surface area (Å²) >= 11 is 1.73. The zero-order chi connectivity index (χ0) is 16.0. The Labute approximate surface area is 137 Å². The Morgan fingerprint density at radius 3 is 3.05 bits per heavy atom. The molecule has 1 aliphatic heterocycles. The number of amides is 2. The minimum atomic E-state index is -0.0665. The van der Waals surface area contributed by atoms with Crippen LogP contribution in [-0.4, -0.2) is 56.9 Å². The Hall–Kier alpha value is -1.11. The van der Waals surface area contributed by atoms with Crippen LogP contribution in [0.15, 0.2) is 17.5 Å². The molecule has 22 heavy (non-hydrogen) atoms. The second-order valence-corrected chi connectivity index (χ2v) is 7.41. The first kappa shape index (κ1) is 17.2. The van der Waals surface area contributed by atoms with Crippen molar-refractivity contribution in [3.8, 4) is 0 Å². The number of nitrogens with one attached hydrogen (secondary N) is 2. The van der Waals surface area contributed by atoms with Gasteiger partial charge < -0.3 is 15.4 Å². The Morgan fingerprint density at radius 1 is 1.55 bits per heavy atom. The fourth-order valence-corrected chi connectivity index (χ4v) is 3.51. The van der Waals surface area contributed by atoms with Crippen LogP contribution in [0.5, 0.6) is 0 Å². The Morgan fingerprint density at radius 2 is 2.36 bits per heavy atom. The molecule has 2 amide bonds. The highest BCUT2D eigenvalue weighted by Gasteiger charge is 2.25. The third kappa shape index (κ3) is 4.97. The van der Waals surface area contributed by atoms with E-state index in [0.717, 1.165) is 32.7 Å². The molecule has 1 atom stereocenters. The molecule has 1 unspecified atom stereocenters. The number of likely N-dealkylation sites (tertiary alicyclic amines) is 1. The summed E-state index contributed by atoms with van der Waals surface area (Å²) in [7, 11) is 1.72. The summed E-state index contributed by atoms with van der Waals surface area (Å²) in [6.45, 7) is 8.55. The highest BCUT2D eigenvalue weighted by molar-refractivity contribution is 7.10. The first-order valence-electron chi connectivity index (χ1n) is 7.81. The third-order valence-corrected chi connectivity index (χ3v) is 5.33. The van der Waals surface area contributed by atoms with Crippen LogP contribution in [0.3, 0.4) is 0 Å². The van der Waals surface area contributed by atoms with Crippen molar-refractivity contribution < 1.29 is 9.53 Å². The molecule has 5 nitrogen and oxygen atoms in total. The van der Waals surface area contributed by atoms with Crippen LogP contribution < -0.4 is 10.6 Å². The maximum absolute atomic E-state index is 12.1. The van der Waals surface area contributed by atoms with Gasteiger partial charge in [-0.05, 0) is 17.9 Å². The third-order valence-electron chi connectivity index (χ3n) is 4.10. The minimum absolute atomic E-state index is 0.0360. The van der Waals surface area contributed by atoms with Crippen LogP contribution in [0.2, 0.25) is 0 Å². The summed E-state index contributed by atoms with van der Waals surface area (Å²) in [4.78, 5) is 15.7. The largest absolute Gasteiger partial charge is 0.383 e. The molecule has 0 aromatic carbocycles. The van der Waals surface area contributed by atoms with E-state index in [-0.39, 0.29) is 17.5 Å². The van der Waals surface area contributed by atoms with Crippen LogP contribution in [0, 0.1) is 0 Å². The van der Waals surface area contributed by atoms with Gasteiger partial charge in [0.05, 0.1) is 6.61 Å². The lowest BCUT2D eigenvalue weighted by atomic mass is 9.91. The molecule has 1 aromatic rings. The predicted octanol–water partition coefficient (Wildman–Crippen LogP) is 2.05. The smallest absolute Gasteiger partial charge is 0.315 e. The first-order valence-corrected chi connectivity index (χ1v) is 8.69. The number of nitrogens with zero attached hydrogens (tertiary/aromatic N) is 1. The second-order valence-electron chi connectivity index (χ2n) is 6.47. The molecular formula is C16H27N3O2S. The van der Waals surface area contributed by atoms with E-state index in [0.29, 0.717) is 6.54 Å². The summed E-state index contributed by atoms with van der Waals surface area (Å²) in [6.07, 6.45) is 1.01. The number of thiophene rings is 1. The van der Waals surface area contributed by atoms with Gasteiger partial charge in [-0.3, -0.25) is 4.90 Å². The average molecular weight is 325 g/mol. The first-order chi connectivity index (χ1) is 10.5. The molecule has 0 spiro atoms. The molecule has 124 valence electrons. The van der Waals surface area contributed by atoms with Gasteiger partial charge in [0.1, 0.15) is 0 Å². The molecular weight excluding hydrogens is 298 g/mol. The van der Waals surface area contributed by atoms with Crippen molar-refractivity contribution >= 4 is 17.4 Å². The lowest BCUT2D eigenvalue weighted by molar-refractivity contribution is 0.159. The SMILES string of the molecule is COCCN1CCC(NC(=O)NCC(C)(C)c2cccs2)C1. The van der Waals surface area contributed by atoms with Crippen molar-refractivity contribution in [2.45, 2.75) is 31.7 Å². The monoisotopic (exact) mass is 325 g/mol. The van der Waals surface area contributed by atoms with Gasteiger partial charge >= 0.3 is 6.03 Å². The van der Waals surface area contributed by atoms with Crippen LogP contribution in [-0.2, 0) is 10.2 Å². The van der Waals surface area contributed by atoms with Crippen LogP contribution in [0.25, 0.3) is 0 Å². The molecule has 6 heteroatoms. The number of rotatable bonds is 7. The Kier molecular flexibility index (Phi) is 6.23. The zero-order valence-electron chi connectivity index (χ0n) is 13.7. The maximum Gasteiger partial charge on any atom is 0.315 e. The van der Waals surface area contributed by atoms with Crippen molar-refractivity contribution in [1.29, 1.82) is 0 Å². The summed E-state index contributed by atoms with van der Waals surface area (Å²) in [5.41, 5.74) is -0.0360. The van der Waals surface area contributed by atoms with E-state index in [1.807, 2.05) is 0 Å². The van der Waals surface area contributed by atoms with Crippen molar-refractivity contribution in [3.63, 3.8) is 0 Å². The number of carbonyl (C=O) groups excluding carboxylic acids is 1. The molecule has 2 heterocycles. The molecule has 1 saturated heterocycles. The number of hydrogen-bond acceptors (Lipinski definition) is 4. The van der Waals surface area contributed by atoms with Gasteiger partial charge in [-0.2, -0.15) is 0 Å². The predicted molar refractivity (Wildman–Crippen MR) is 90.6 cm³/mol. The molecule has 1 fully saturated rings. The molecule has 2 N–H and O–H groups in total. The normalized spacial score (nSPS) is 19.3. The Balaban J connectivity index is 1.70. The molecule has 1 aliphatic rings. The van der Waals surface area contributed by atoms with Gasteiger partial charge in [0.15, 0.2) is 0 Å². The van der Waals surface area contributed by atoms with Crippen molar-refractivity contribution in [3.05, 3.63) is 22.4 Å². The number of carbonyl (C=O) groups is 1. The lowest BCUT2D eigenvalue weighted by Gasteiger charge is -2.24. The second kappa shape index (κ2) is 7.94. The number of urea groups is 1. The molecule has 0 radical (unpaired) electrons. The summed E-state index contributed by atoms with van der Waals surface area (Å²) in [5, 5.41) is 8.16. The fourth-order valence-electron chi connectivity index (χ4n) is 2.66. The highest BCUT2D eigenvalue weighted by Crippen LogP contribution is 2.26. The van der Waals surface area contributed by atoms with Gasteiger partial charge in [-0.15, -0.1) is 11.3 Å². The summed E-state index contributed by atoms with van der Waals surface area (Å²) in [5.74, 6) is 0. The fraction of sp³-hybridized carbons (Fsp3) is 0.688. The van der Waals surface area contributed by atoms with E-state index in [2.05, 4.69) is 46.9 Å². The van der Waals surface area contributed by atoms with Crippen LogP contribution >= 0.6 is 11.3 Å². The summed E-state index contributed by atoms with van der Waals surface area (Å²) < 4.78 is 5.09. The van der Waals surface area contributed by atoms with Gasteiger partial charge in [0.25, 0.3) is 0 Å². The van der Waals surface area contributed by atoms with Crippen LogP contribution in [0.1, 0.15) is 25.1 Å². The minimum Gasteiger partial charge on any atom is -0.383 e. The highest BCUT2D eigenvalue weighted by atomic mass is 32.1. The summed E-state index contributed by atoms with van der Waals surface area (Å²) in [6, 6.07) is 4.34. The van der Waals surface area contributed by atoms with Gasteiger partial charge in [0, 0.05) is 49.6 Å². The molecule has 0 aliphatic carbocycles. The van der Waals surface area contributed by atoms with E-state index >= 15 is 0 Å². The Bertz CT molecular complexity index is 462. The zero-order valence-corrected chi connectivity index (χ0v) is 14.5. The van der Waals surface area contributed by atoms with Gasteiger partial charge in [-0.25, -0.2) is 4.79 Å². The lowest BCUT2D eigenvalue weighted by Crippen LogP contribution is -2.46. The van der Waals surface area contributed by atoms with Crippen LogP contribution in [0.4, 0.5) is 4.79 Å². The maximum atomic E-state index is 12.1. The molecule has 1 aromatic heterocycles. The molecule has 0 saturated carbocycles. The topological polar surface area (TPSA) is 53.6 Å². The van der Waals surface area contributed by atoms with E-state index in [1.54, 1.807) is 18.4 Å². The van der Waals surface area contributed by atoms with E-state index < -0.39 is 0 Å². The van der Waals surface area contributed by atoms with Crippen molar-refractivity contribution in [2.75, 3.05) is 39.9 Å². The standard InChI is InChI=1S/C16H27N3O2S/c1-16(2,14-5-4-10-22-14)12-17-15(20)18-13-6-7-19(11-13)8-9-21-3/h4-5,10,13H,6-9,11-12H2,1-3H3,(H2,17,18,20). The van der Waals surface area contributed by atoms with Gasteiger partial charge in [-0.1, -0.05) is 19.9 Å². The number of ether oxygens (including phenoxy) is 1. The van der Waals surface area contributed by atoms with E-state index in [4.69, 9.17) is 4.74 Å². The van der Waals surface area contributed by atoms with E-state index in [1.165, 1.54) is 4.88 Å². The quantitative estimate of drug-likeness (QED) is 0.807. The number of methoxy groups -OCH3 is 1. The molecule has 0 bridgehead atoms. The van der Waals surface area contributed by atoms with Crippen molar-refractivity contribution in [2.24, 2.45) is 0 Å². The van der Waals surface area contributed by atoms with E-state index in [9.17, 15) is 4.79 Å². The molecule has 2 rings (SSSR count). The van der Waals surface area contributed by atoms with Crippen molar-refractivity contribution in [1.82, 2.24) is 15.5 Å².